The number of hydrogen-bond donors (Lipinski definition) is 5. The zero-order valence-electron chi connectivity index (χ0n) is 10.7. The standard InChI is InChI=1S/C9H15N2O8PS/c12-5-1-2-11(9(21)10-5)8-7(14)6(13)4(19-8)3-18-20(15,16)17/h4,6-8,13-14H,1-3H2,(H,10,12,21)(H2,15,16,17)/t4-,6-,7-,8-/m1/s1. The van der Waals surface area contributed by atoms with E-state index in [2.05, 4.69) is 9.84 Å². The number of carbonyl (C=O) groups is 1. The summed E-state index contributed by atoms with van der Waals surface area (Å²) in [6, 6.07) is 0. The molecule has 2 heterocycles. The van der Waals surface area contributed by atoms with E-state index < -0.39 is 39.0 Å². The molecule has 0 unspecified atom stereocenters. The molecular formula is C9H15N2O8PS. The van der Waals surface area contributed by atoms with Crippen LogP contribution < -0.4 is 5.32 Å². The Morgan fingerprint density at radius 3 is 2.67 bits per heavy atom. The molecule has 0 spiro atoms. The van der Waals surface area contributed by atoms with Crippen LogP contribution in [0.4, 0.5) is 0 Å². The van der Waals surface area contributed by atoms with E-state index >= 15 is 0 Å². The van der Waals surface area contributed by atoms with Crippen LogP contribution in [0.1, 0.15) is 6.42 Å². The Hall–Kier alpha value is -0.650. The predicted molar refractivity (Wildman–Crippen MR) is 70.7 cm³/mol. The molecule has 12 heteroatoms. The second kappa shape index (κ2) is 6.23. The fraction of sp³-hybridized carbons (Fsp3) is 0.778. The molecule has 5 N–H and O–H groups in total. The Balaban J connectivity index is 2.01. The van der Waals surface area contributed by atoms with E-state index in [-0.39, 0.29) is 24.0 Å². The van der Waals surface area contributed by atoms with E-state index in [4.69, 9.17) is 26.7 Å². The molecule has 1 amide bonds. The highest BCUT2D eigenvalue weighted by atomic mass is 32.1. The highest BCUT2D eigenvalue weighted by molar-refractivity contribution is 7.80. The van der Waals surface area contributed by atoms with Crippen LogP contribution in [0.5, 0.6) is 0 Å². The molecule has 0 aliphatic carbocycles. The SMILES string of the molecule is O=C1CCN([C@@H]2O[C@H](COP(=O)(O)O)[C@@H](O)[C@H]2O)C(=S)N1. The molecule has 0 aromatic carbocycles. The second-order valence-electron chi connectivity index (χ2n) is 4.63. The van der Waals surface area contributed by atoms with Crippen molar-refractivity contribution in [2.45, 2.75) is 31.0 Å². The van der Waals surface area contributed by atoms with Gasteiger partial charge in [-0.1, -0.05) is 0 Å². The van der Waals surface area contributed by atoms with Crippen molar-refractivity contribution in [3.63, 3.8) is 0 Å². The maximum absolute atomic E-state index is 11.2. The minimum atomic E-state index is -4.71. The van der Waals surface area contributed by atoms with Crippen LogP contribution in [-0.4, -0.2) is 73.6 Å². The molecule has 10 nitrogen and oxygen atoms in total. The van der Waals surface area contributed by atoms with E-state index in [1.54, 1.807) is 0 Å². The third kappa shape index (κ3) is 3.96. The lowest BCUT2D eigenvalue weighted by atomic mass is 10.1. The normalized spacial score (nSPS) is 34.2. The molecule has 2 saturated heterocycles. The smallest absolute Gasteiger partial charge is 0.387 e. The van der Waals surface area contributed by atoms with Crippen molar-refractivity contribution in [2.24, 2.45) is 0 Å². The first-order valence-electron chi connectivity index (χ1n) is 6.01. The van der Waals surface area contributed by atoms with Crippen molar-refractivity contribution in [1.82, 2.24) is 10.2 Å². The van der Waals surface area contributed by atoms with Gasteiger partial charge in [0.25, 0.3) is 0 Å². The fourth-order valence-corrected chi connectivity index (χ4v) is 2.76. The molecule has 0 radical (unpaired) electrons. The van der Waals surface area contributed by atoms with Crippen molar-refractivity contribution >= 4 is 31.1 Å². The number of aliphatic hydroxyl groups is 2. The topological polar surface area (TPSA) is 149 Å². The van der Waals surface area contributed by atoms with Crippen LogP contribution in [0.2, 0.25) is 0 Å². The molecule has 0 bridgehead atoms. The van der Waals surface area contributed by atoms with Gasteiger partial charge in [-0.3, -0.25) is 9.32 Å². The molecule has 120 valence electrons. The summed E-state index contributed by atoms with van der Waals surface area (Å²) < 4.78 is 20.2. The third-order valence-electron chi connectivity index (χ3n) is 3.14. The summed E-state index contributed by atoms with van der Waals surface area (Å²) >= 11 is 4.96. The summed E-state index contributed by atoms with van der Waals surface area (Å²) in [5.74, 6) is -0.259. The van der Waals surface area contributed by atoms with Gasteiger partial charge in [0.15, 0.2) is 11.3 Å². The quantitative estimate of drug-likeness (QED) is 0.278. The van der Waals surface area contributed by atoms with Gasteiger partial charge in [-0.25, -0.2) is 4.57 Å². The van der Waals surface area contributed by atoms with E-state index in [0.717, 1.165) is 0 Å². The van der Waals surface area contributed by atoms with E-state index in [0.29, 0.717) is 0 Å². The average Bonchev–Trinajstić information content (AvgIpc) is 2.64. The fourth-order valence-electron chi connectivity index (χ4n) is 2.11. The van der Waals surface area contributed by atoms with Crippen molar-refractivity contribution in [3.8, 4) is 0 Å². The van der Waals surface area contributed by atoms with Gasteiger partial charge >= 0.3 is 7.82 Å². The molecular weight excluding hydrogens is 327 g/mol. The first-order chi connectivity index (χ1) is 9.69. The van der Waals surface area contributed by atoms with Gasteiger partial charge in [-0.05, 0) is 12.2 Å². The van der Waals surface area contributed by atoms with Gasteiger partial charge in [-0.2, -0.15) is 0 Å². The maximum Gasteiger partial charge on any atom is 0.469 e. The Morgan fingerprint density at radius 2 is 2.10 bits per heavy atom. The summed E-state index contributed by atoms with van der Waals surface area (Å²) in [5, 5.41) is 22.2. The van der Waals surface area contributed by atoms with Crippen molar-refractivity contribution in [3.05, 3.63) is 0 Å². The number of rotatable bonds is 4. The molecule has 0 saturated carbocycles. The van der Waals surface area contributed by atoms with E-state index in [9.17, 15) is 19.6 Å². The van der Waals surface area contributed by atoms with E-state index in [1.165, 1.54) is 4.90 Å². The van der Waals surface area contributed by atoms with Gasteiger partial charge in [0.2, 0.25) is 5.91 Å². The molecule has 2 rings (SSSR count). The van der Waals surface area contributed by atoms with Gasteiger partial charge in [0.05, 0.1) is 6.61 Å². The second-order valence-corrected chi connectivity index (χ2v) is 6.26. The Bertz CT molecular complexity index is 484. The number of thiocarbonyl (C=S) groups is 1. The Kier molecular flexibility index (Phi) is 4.96. The zero-order valence-corrected chi connectivity index (χ0v) is 12.4. The number of amides is 1. The number of nitrogens with one attached hydrogen (secondary N) is 1. The maximum atomic E-state index is 11.2. The van der Waals surface area contributed by atoms with Crippen LogP contribution in [0, 0.1) is 0 Å². The third-order valence-corrected chi connectivity index (χ3v) is 3.96. The van der Waals surface area contributed by atoms with Crippen LogP contribution in [0.15, 0.2) is 0 Å². The lowest BCUT2D eigenvalue weighted by Crippen LogP contribution is -2.56. The largest absolute Gasteiger partial charge is 0.469 e. The summed E-state index contributed by atoms with van der Waals surface area (Å²) in [6.07, 6.45) is -4.77. The lowest BCUT2D eigenvalue weighted by Gasteiger charge is -2.35. The molecule has 21 heavy (non-hydrogen) atoms. The first kappa shape index (κ1) is 16.7. The van der Waals surface area contributed by atoms with Crippen molar-refractivity contribution in [2.75, 3.05) is 13.2 Å². The number of phosphoric acid groups is 1. The van der Waals surface area contributed by atoms with Crippen LogP contribution >= 0.6 is 20.0 Å². The molecule has 2 fully saturated rings. The zero-order chi connectivity index (χ0) is 15.8. The predicted octanol–water partition coefficient (Wildman–Crippen LogP) is -2.35. The number of nitrogens with zero attached hydrogens (tertiary/aromatic N) is 1. The summed E-state index contributed by atoms with van der Waals surface area (Å²) in [6.45, 7) is -0.392. The monoisotopic (exact) mass is 342 g/mol. The van der Waals surface area contributed by atoms with Crippen molar-refractivity contribution in [1.29, 1.82) is 0 Å². The van der Waals surface area contributed by atoms with Gasteiger partial charge < -0.3 is 35.0 Å². The molecule has 0 aromatic rings. The molecule has 0 aromatic heterocycles. The minimum Gasteiger partial charge on any atom is -0.387 e. The van der Waals surface area contributed by atoms with Gasteiger partial charge in [0, 0.05) is 13.0 Å². The summed E-state index contributed by atoms with van der Waals surface area (Å²) in [7, 11) is -4.71. The number of ether oxygens (including phenoxy) is 1. The van der Waals surface area contributed by atoms with Gasteiger partial charge in [-0.15, -0.1) is 0 Å². The minimum absolute atomic E-state index is 0.0547. The average molecular weight is 342 g/mol. The first-order valence-corrected chi connectivity index (χ1v) is 7.95. The Morgan fingerprint density at radius 1 is 1.43 bits per heavy atom. The number of phosphoric ester groups is 1. The number of carbonyl (C=O) groups excluding carboxylic acids is 1. The molecule has 2 aliphatic heterocycles. The number of aliphatic hydroxyl groups excluding tert-OH is 2. The van der Waals surface area contributed by atoms with Crippen LogP contribution in [0.25, 0.3) is 0 Å². The highest BCUT2D eigenvalue weighted by Crippen LogP contribution is 2.37. The van der Waals surface area contributed by atoms with Crippen LogP contribution in [-0.2, 0) is 18.6 Å². The van der Waals surface area contributed by atoms with Gasteiger partial charge in [0.1, 0.15) is 18.3 Å². The molecule has 2 aliphatic rings. The number of hydrogen-bond acceptors (Lipinski definition) is 7. The summed E-state index contributed by atoms with van der Waals surface area (Å²) in [5.41, 5.74) is 0. The lowest BCUT2D eigenvalue weighted by molar-refractivity contribution is -0.123. The molecule has 4 atom stereocenters. The Labute approximate surface area is 124 Å². The summed E-state index contributed by atoms with van der Waals surface area (Å²) in [4.78, 5) is 29.8. The van der Waals surface area contributed by atoms with Crippen molar-refractivity contribution < 1.29 is 38.6 Å². The highest BCUT2D eigenvalue weighted by Gasteiger charge is 2.47. The van der Waals surface area contributed by atoms with E-state index in [1.807, 2.05) is 0 Å². The van der Waals surface area contributed by atoms with Crippen LogP contribution in [0.3, 0.4) is 0 Å².